The number of aliphatic hydroxyl groups is 1. The van der Waals surface area contributed by atoms with E-state index in [-0.39, 0.29) is 11.3 Å². The zero-order valence-electron chi connectivity index (χ0n) is 13.6. The highest BCUT2D eigenvalue weighted by molar-refractivity contribution is 7.14. The van der Waals surface area contributed by atoms with Gasteiger partial charge in [-0.25, -0.2) is 4.98 Å². The molecule has 128 valence electrons. The van der Waals surface area contributed by atoms with Crippen molar-refractivity contribution in [1.82, 2.24) is 4.98 Å². The van der Waals surface area contributed by atoms with Crippen LogP contribution in [0.25, 0.3) is 5.76 Å². The van der Waals surface area contributed by atoms with Crippen LogP contribution in [0, 0.1) is 0 Å². The monoisotopic (exact) mass is 362 g/mol. The first-order valence-electron chi connectivity index (χ1n) is 7.99. The highest BCUT2D eigenvalue weighted by Gasteiger charge is 2.47. The maximum atomic E-state index is 12.8. The third kappa shape index (κ3) is 2.60. The Morgan fingerprint density at radius 3 is 2.27 bits per heavy atom. The molecule has 0 aliphatic carbocycles. The van der Waals surface area contributed by atoms with Gasteiger partial charge in [0.2, 0.25) is 0 Å². The van der Waals surface area contributed by atoms with E-state index in [2.05, 4.69) is 4.98 Å². The molecule has 5 nitrogen and oxygen atoms in total. The highest BCUT2D eigenvalue weighted by atomic mass is 32.1. The van der Waals surface area contributed by atoms with E-state index in [1.165, 1.54) is 16.2 Å². The molecule has 1 amide bonds. The summed E-state index contributed by atoms with van der Waals surface area (Å²) < 4.78 is 0. The molecular weight excluding hydrogens is 348 g/mol. The Morgan fingerprint density at radius 1 is 1.00 bits per heavy atom. The van der Waals surface area contributed by atoms with Crippen molar-refractivity contribution in [3.8, 4) is 0 Å². The summed E-state index contributed by atoms with van der Waals surface area (Å²) >= 11 is 1.27. The van der Waals surface area contributed by atoms with E-state index < -0.39 is 17.7 Å². The summed E-state index contributed by atoms with van der Waals surface area (Å²) in [7, 11) is 0. The minimum absolute atomic E-state index is 0.0719. The molecule has 4 rings (SSSR count). The van der Waals surface area contributed by atoms with Crippen molar-refractivity contribution in [3.05, 3.63) is 88.9 Å². The van der Waals surface area contributed by atoms with Crippen molar-refractivity contribution < 1.29 is 14.7 Å². The Balaban J connectivity index is 1.95. The van der Waals surface area contributed by atoms with Crippen LogP contribution >= 0.6 is 11.3 Å². The molecule has 1 fully saturated rings. The van der Waals surface area contributed by atoms with Crippen LogP contribution in [0.3, 0.4) is 0 Å². The van der Waals surface area contributed by atoms with Crippen molar-refractivity contribution >= 4 is 33.9 Å². The number of nitrogens with zero attached hydrogens (tertiary/aromatic N) is 2. The zero-order valence-corrected chi connectivity index (χ0v) is 14.4. The molecule has 3 aromatic rings. The molecule has 0 spiro atoms. The molecule has 1 aliphatic rings. The summed E-state index contributed by atoms with van der Waals surface area (Å²) in [5.41, 5.74) is 1.30. The number of hydrogen-bond donors (Lipinski definition) is 1. The predicted octanol–water partition coefficient (Wildman–Crippen LogP) is 3.77. The minimum atomic E-state index is -0.720. The van der Waals surface area contributed by atoms with Crippen LogP contribution < -0.4 is 4.90 Å². The number of aromatic nitrogens is 1. The van der Waals surface area contributed by atoms with Crippen LogP contribution in [-0.2, 0) is 9.59 Å². The van der Waals surface area contributed by atoms with Crippen LogP contribution in [0.5, 0.6) is 0 Å². The van der Waals surface area contributed by atoms with E-state index in [0.717, 1.165) is 5.56 Å². The van der Waals surface area contributed by atoms with Crippen molar-refractivity contribution in [1.29, 1.82) is 0 Å². The fraction of sp³-hybridized carbons (Fsp3) is 0.0500. The molecule has 6 heteroatoms. The normalized spacial score (nSPS) is 19.1. The molecule has 1 aromatic heterocycles. The summed E-state index contributed by atoms with van der Waals surface area (Å²) in [4.78, 5) is 31.1. The molecule has 1 N–H and O–H groups in total. The number of Topliss-reactive ketones (excluding diaryl/α,β-unsaturated/α-hetero) is 1. The number of rotatable bonds is 3. The number of ketones is 1. The first-order valence-corrected chi connectivity index (χ1v) is 8.87. The number of carbonyl (C=O) groups excluding carboxylic acids is 2. The molecular formula is C20H14N2O3S. The number of thiazole rings is 1. The number of amides is 1. The number of anilines is 1. The summed E-state index contributed by atoms with van der Waals surface area (Å²) in [6, 6.07) is 17.2. The molecule has 0 bridgehead atoms. The van der Waals surface area contributed by atoms with Crippen LogP contribution in [-0.4, -0.2) is 21.8 Å². The van der Waals surface area contributed by atoms with Gasteiger partial charge in [0.1, 0.15) is 5.76 Å². The highest BCUT2D eigenvalue weighted by Crippen LogP contribution is 2.42. The van der Waals surface area contributed by atoms with E-state index in [9.17, 15) is 14.7 Å². The zero-order chi connectivity index (χ0) is 18.1. The number of benzene rings is 2. The van der Waals surface area contributed by atoms with Crippen molar-refractivity contribution in [3.63, 3.8) is 0 Å². The Hall–Kier alpha value is -3.25. The molecule has 26 heavy (non-hydrogen) atoms. The fourth-order valence-corrected chi connectivity index (χ4v) is 3.73. The molecule has 0 unspecified atom stereocenters. The second-order valence-electron chi connectivity index (χ2n) is 5.76. The van der Waals surface area contributed by atoms with Gasteiger partial charge in [0.05, 0.1) is 11.6 Å². The number of hydrogen-bond acceptors (Lipinski definition) is 5. The lowest BCUT2D eigenvalue weighted by Crippen LogP contribution is -2.29. The lowest BCUT2D eigenvalue weighted by Gasteiger charge is -2.22. The van der Waals surface area contributed by atoms with Gasteiger partial charge in [0.15, 0.2) is 5.13 Å². The molecule has 1 atom stereocenters. The van der Waals surface area contributed by atoms with Crippen LogP contribution in [0.15, 0.2) is 77.8 Å². The second-order valence-corrected chi connectivity index (χ2v) is 6.63. The van der Waals surface area contributed by atoms with Crippen LogP contribution in [0.2, 0.25) is 0 Å². The first kappa shape index (κ1) is 16.2. The standard InChI is InChI=1S/C20H14N2O3S/c23-17(14-9-5-2-6-10-14)15-16(13-7-3-1-4-8-13)22(19(25)18(15)24)20-21-11-12-26-20/h1-12,16,23H/b17-15+/t16-/m0/s1. The van der Waals surface area contributed by atoms with Gasteiger partial charge in [0, 0.05) is 17.1 Å². The van der Waals surface area contributed by atoms with Crippen molar-refractivity contribution in [2.75, 3.05) is 4.90 Å². The number of aliphatic hydroxyl groups excluding tert-OH is 1. The van der Waals surface area contributed by atoms with Gasteiger partial charge < -0.3 is 5.11 Å². The van der Waals surface area contributed by atoms with E-state index in [1.807, 2.05) is 36.4 Å². The lowest BCUT2D eigenvalue weighted by molar-refractivity contribution is -0.132. The predicted molar refractivity (Wildman–Crippen MR) is 99.8 cm³/mol. The SMILES string of the molecule is O=C1C(=O)N(c2nccs2)[C@@H](c2ccccc2)/C1=C(\O)c1ccccc1. The van der Waals surface area contributed by atoms with E-state index in [0.29, 0.717) is 10.7 Å². The Kier molecular flexibility index (Phi) is 4.10. The molecule has 2 aromatic carbocycles. The van der Waals surface area contributed by atoms with Crippen molar-refractivity contribution in [2.45, 2.75) is 6.04 Å². The molecule has 1 aliphatic heterocycles. The van der Waals surface area contributed by atoms with Crippen LogP contribution in [0.1, 0.15) is 17.2 Å². The smallest absolute Gasteiger partial charge is 0.301 e. The Bertz CT molecular complexity index is 982. The van der Waals surface area contributed by atoms with Gasteiger partial charge in [-0.3, -0.25) is 14.5 Å². The maximum Gasteiger partial charge on any atom is 0.301 e. The fourth-order valence-electron chi connectivity index (χ4n) is 3.07. The summed E-state index contributed by atoms with van der Waals surface area (Å²) in [5, 5.41) is 13.0. The van der Waals surface area contributed by atoms with Gasteiger partial charge >= 0.3 is 5.91 Å². The molecule has 0 saturated carbocycles. The van der Waals surface area contributed by atoms with Gasteiger partial charge in [0.25, 0.3) is 5.78 Å². The Morgan fingerprint density at radius 2 is 1.65 bits per heavy atom. The second kappa shape index (κ2) is 6.57. The quantitative estimate of drug-likeness (QED) is 0.437. The topological polar surface area (TPSA) is 70.5 Å². The van der Waals surface area contributed by atoms with Gasteiger partial charge in [-0.15, -0.1) is 11.3 Å². The third-order valence-corrected chi connectivity index (χ3v) is 5.00. The van der Waals surface area contributed by atoms with Crippen molar-refractivity contribution in [2.24, 2.45) is 0 Å². The van der Waals surface area contributed by atoms with Gasteiger partial charge in [-0.1, -0.05) is 60.7 Å². The third-order valence-electron chi connectivity index (χ3n) is 4.23. The van der Waals surface area contributed by atoms with Crippen LogP contribution in [0.4, 0.5) is 5.13 Å². The minimum Gasteiger partial charge on any atom is -0.507 e. The largest absolute Gasteiger partial charge is 0.507 e. The lowest BCUT2D eigenvalue weighted by atomic mass is 9.95. The van der Waals surface area contributed by atoms with Gasteiger partial charge in [-0.05, 0) is 5.56 Å². The summed E-state index contributed by atoms with van der Waals surface area (Å²) in [6.07, 6.45) is 1.58. The Labute approximate surface area is 153 Å². The van der Waals surface area contributed by atoms with E-state index in [1.54, 1.807) is 35.8 Å². The first-order chi connectivity index (χ1) is 12.7. The summed E-state index contributed by atoms with van der Waals surface area (Å²) in [6.45, 7) is 0. The average Bonchev–Trinajstić information content (AvgIpc) is 3.30. The van der Waals surface area contributed by atoms with Gasteiger partial charge in [-0.2, -0.15) is 0 Å². The number of carbonyl (C=O) groups is 2. The van der Waals surface area contributed by atoms with E-state index >= 15 is 0 Å². The average molecular weight is 362 g/mol. The van der Waals surface area contributed by atoms with E-state index in [4.69, 9.17) is 0 Å². The molecule has 2 heterocycles. The summed E-state index contributed by atoms with van der Waals surface area (Å²) in [5.74, 6) is -1.58. The molecule has 0 radical (unpaired) electrons. The molecule has 1 saturated heterocycles. The maximum absolute atomic E-state index is 12.8.